The van der Waals surface area contributed by atoms with Crippen molar-refractivity contribution in [2.24, 2.45) is 0 Å². The predicted octanol–water partition coefficient (Wildman–Crippen LogP) is 4.17. The Labute approximate surface area is 105 Å². The SMILES string of the molecule is C#CCCCCOc1ccc(C(C)(C)C)cc1. The van der Waals surface area contributed by atoms with Crippen LogP contribution in [0.4, 0.5) is 0 Å². The minimum Gasteiger partial charge on any atom is -0.494 e. The molecular weight excluding hydrogens is 208 g/mol. The van der Waals surface area contributed by atoms with E-state index in [1.54, 1.807) is 0 Å². The van der Waals surface area contributed by atoms with Gasteiger partial charge in [0.2, 0.25) is 0 Å². The van der Waals surface area contributed by atoms with E-state index >= 15 is 0 Å². The van der Waals surface area contributed by atoms with E-state index in [4.69, 9.17) is 11.2 Å². The lowest BCUT2D eigenvalue weighted by molar-refractivity contribution is 0.307. The van der Waals surface area contributed by atoms with Crippen molar-refractivity contribution in [1.82, 2.24) is 0 Å². The van der Waals surface area contributed by atoms with E-state index in [2.05, 4.69) is 38.8 Å². The van der Waals surface area contributed by atoms with Crippen molar-refractivity contribution in [3.8, 4) is 18.1 Å². The molecule has 0 amide bonds. The van der Waals surface area contributed by atoms with Gasteiger partial charge in [-0.3, -0.25) is 0 Å². The van der Waals surface area contributed by atoms with Gasteiger partial charge in [0.15, 0.2) is 0 Å². The maximum Gasteiger partial charge on any atom is 0.119 e. The first kappa shape index (κ1) is 13.6. The smallest absolute Gasteiger partial charge is 0.119 e. The Morgan fingerprint density at radius 3 is 2.29 bits per heavy atom. The molecule has 0 radical (unpaired) electrons. The fourth-order valence-corrected chi connectivity index (χ4v) is 1.57. The molecule has 0 aliphatic heterocycles. The van der Waals surface area contributed by atoms with Gasteiger partial charge in [-0.25, -0.2) is 0 Å². The lowest BCUT2D eigenvalue weighted by Crippen LogP contribution is -2.10. The van der Waals surface area contributed by atoms with Crippen molar-refractivity contribution in [3.05, 3.63) is 29.8 Å². The molecule has 1 nitrogen and oxygen atoms in total. The zero-order chi connectivity index (χ0) is 12.7. The summed E-state index contributed by atoms with van der Waals surface area (Å²) in [4.78, 5) is 0. The van der Waals surface area contributed by atoms with Crippen LogP contribution in [0.3, 0.4) is 0 Å². The van der Waals surface area contributed by atoms with Crippen molar-refractivity contribution in [1.29, 1.82) is 0 Å². The summed E-state index contributed by atoms with van der Waals surface area (Å²) < 4.78 is 5.65. The highest BCUT2D eigenvalue weighted by Gasteiger charge is 2.12. The van der Waals surface area contributed by atoms with E-state index in [-0.39, 0.29) is 5.41 Å². The maximum atomic E-state index is 5.65. The van der Waals surface area contributed by atoms with Crippen LogP contribution in [0.1, 0.15) is 45.6 Å². The Balaban J connectivity index is 2.39. The summed E-state index contributed by atoms with van der Waals surface area (Å²) >= 11 is 0. The fraction of sp³-hybridized carbons (Fsp3) is 0.500. The third-order valence-corrected chi connectivity index (χ3v) is 2.70. The standard InChI is InChI=1S/C16H22O/c1-5-6-7-8-13-17-15-11-9-14(10-12-15)16(2,3)4/h1,9-12H,6-8,13H2,2-4H3. The Kier molecular flexibility index (Phi) is 5.10. The number of ether oxygens (including phenoxy) is 1. The largest absolute Gasteiger partial charge is 0.494 e. The molecule has 0 saturated carbocycles. The molecule has 17 heavy (non-hydrogen) atoms. The topological polar surface area (TPSA) is 9.23 Å². The number of unbranched alkanes of at least 4 members (excludes halogenated alkanes) is 2. The normalized spacial score (nSPS) is 10.9. The van der Waals surface area contributed by atoms with E-state index in [9.17, 15) is 0 Å². The molecule has 0 aliphatic rings. The maximum absolute atomic E-state index is 5.65. The van der Waals surface area contributed by atoms with Crippen LogP contribution < -0.4 is 4.74 Å². The highest BCUT2D eigenvalue weighted by molar-refractivity contribution is 5.31. The average Bonchev–Trinajstić information content (AvgIpc) is 2.28. The van der Waals surface area contributed by atoms with Crippen LogP contribution in [0.15, 0.2) is 24.3 Å². The number of hydrogen-bond acceptors (Lipinski definition) is 1. The van der Waals surface area contributed by atoms with Crippen molar-refractivity contribution >= 4 is 0 Å². The third kappa shape index (κ3) is 4.95. The van der Waals surface area contributed by atoms with Gasteiger partial charge in [0.25, 0.3) is 0 Å². The van der Waals surface area contributed by atoms with Gasteiger partial charge in [-0.15, -0.1) is 12.3 Å². The van der Waals surface area contributed by atoms with Gasteiger partial charge in [0.1, 0.15) is 5.75 Å². The first-order valence-corrected chi connectivity index (χ1v) is 6.21. The number of hydrogen-bond donors (Lipinski definition) is 0. The monoisotopic (exact) mass is 230 g/mol. The molecule has 0 aliphatic carbocycles. The minimum atomic E-state index is 0.200. The highest BCUT2D eigenvalue weighted by atomic mass is 16.5. The van der Waals surface area contributed by atoms with E-state index in [1.807, 2.05) is 12.1 Å². The zero-order valence-corrected chi connectivity index (χ0v) is 11.1. The van der Waals surface area contributed by atoms with E-state index in [0.717, 1.165) is 31.6 Å². The molecule has 0 N–H and O–H groups in total. The summed E-state index contributed by atoms with van der Waals surface area (Å²) in [7, 11) is 0. The molecule has 1 aromatic rings. The average molecular weight is 230 g/mol. The predicted molar refractivity (Wildman–Crippen MR) is 73.3 cm³/mol. The van der Waals surface area contributed by atoms with Crippen LogP contribution in [-0.2, 0) is 5.41 Å². The second kappa shape index (κ2) is 6.35. The third-order valence-electron chi connectivity index (χ3n) is 2.70. The summed E-state index contributed by atoms with van der Waals surface area (Å²) in [6.07, 6.45) is 8.09. The van der Waals surface area contributed by atoms with Crippen LogP contribution >= 0.6 is 0 Å². The molecule has 92 valence electrons. The Morgan fingerprint density at radius 2 is 1.76 bits per heavy atom. The summed E-state index contributed by atoms with van der Waals surface area (Å²) in [5.41, 5.74) is 1.53. The molecule has 0 fully saturated rings. The van der Waals surface area contributed by atoms with Gasteiger partial charge in [-0.1, -0.05) is 32.9 Å². The van der Waals surface area contributed by atoms with Crippen molar-refractivity contribution in [2.75, 3.05) is 6.61 Å². The van der Waals surface area contributed by atoms with Crippen molar-refractivity contribution in [3.63, 3.8) is 0 Å². The molecular formula is C16H22O. The highest BCUT2D eigenvalue weighted by Crippen LogP contribution is 2.24. The molecule has 0 atom stereocenters. The lowest BCUT2D eigenvalue weighted by atomic mass is 9.87. The first-order valence-electron chi connectivity index (χ1n) is 6.21. The Hall–Kier alpha value is -1.42. The zero-order valence-electron chi connectivity index (χ0n) is 11.1. The summed E-state index contributed by atoms with van der Waals surface area (Å²) in [5, 5.41) is 0. The number of rotatable bonds is 5. The molecule has 0 heterocycles. The molecule has 1 aromatic carbocycles. The van der Waals surface area contributed by atoms with Gasteiger partial charge in [-0.2, -0.15) is 0 Å². The molecule has 0 bridgehead atoms. The van der Waals surface area contributed by atoms with Crippen molar-refractivity contribution < 1.29 is 4.74 Å². The summed E-state index contributed by atoms with van der Waals surface area (Å²) in [6.45, 7) is 7.38. The van der Waals surface area contributed by atoms with Gasteiger partial charge < -0.3 is 4.74 Å². The molecule has 0 aromatic heterocycles. The summed E-state index contributed by atoms with van der Waals surface area (Å²) in [6, 6.07) is 8.36. The second-order valence-corrected chi connectivity index (χ2v) is 5.28. The lowest BCUT2D eigenvalue weighted by Gasteiger charge is -2.19. The first-order chi connectivity index (χ1) is 8.04. The summed E-state index contributed by atoms with van der Waals surface area (Å²) in [5.74, 6) is 3.58. The second-order valence-electron chi connectivity index (χ2n) is 5.28. The quantitative estimate of drug-likeness (QED) is 0.545. The minimum absolute atomic E-state index is 0.200. The van der Waals surface area contributed by atoms with Gasteiger partial charge in [-0.05, 0) is 36.0 Å². The molecule has 0 saturated heterocycles. The van der Waals surface area contributed by atoms with Gasteiger partial charge in [0, 0.05) is 6.42 Å². The van der Waals surface area contributed by atoms with Crippen LogP contribution in [0.2, 0.25) is 0 Å². The van der Waals surface area contributed by atoms with E-state index < -0.39 is 0 Å². The van der Waals surface area contributed by atoms with Gasteiger partial charge in [0.05, 0.1) is 6.61 Å². The molecule has 1 heteroatoms. The van der Waals surface area contributed by atoms with E-state index in [1.165, 1.54) is 5.56 Å². The van der Waals surface area contributed by atoms with Gasteiger partial charge >= 0.3 is 0 Å². The van der Waals surface area contributed by atoms with E-state index in [0.29, 0.717) is 0 Å². The van der Waals surface area contributed by atoms with Crippen LogP contribution in [0.5, 0.6) is 5.75 Å². The molecule has 1 rings (SSSR count). The Morgan fingerprint density at radius 1 is 1.12 bits per heavy atom. The fourth-order valence-electron chi connectivity index (χ4n) is 1.57. The number of benzene rings is 1. The van der Waals surface area contributed by atoms with Crippen LogP contribution in [-0.4, -0.2) is 6.61 Å². The van der Waals surface area contributed by atoms with Crippen LogP contribution in [0, 0.1) is 12.3 Å². The number of terminal acetylenes is 1. The Bertz CT molecular complexity index is 362. The van der Waals surface area contributed by atoms with Crippen LogP contribution in [0.25, 0.3) is 0 Å². The molecule has 0 unspecified atom stereocenters. The van der Waals surface area contributed by atoms with Crippen molar-refractivity contribution in [2.45, 2.75) is 45.4 Å². The molecule has 0 spiro atoms.